The number of amides is 8. The molecule has 0 saturated heterocycles. The van der Waals surface area contributed by atoms with Crippen molar-refractivity contribution in [2.24, 2.45) is 35.5 Å². The zero-order valence-electron chi connectivity index (χ0n) is 77.9. The number of carbonyl (C=O) groups excluding carboxylic acids is 17. The molecule has 0 unspecified atom stereocenters. The summed E-state index contributed by atoms with van der Waals surface area (Å²) in [5.41, 5.74) is 5.49. The molecule has 4 aromatic rings. The quantitative estimate of drug-likeness (QED) is 0.00983. The summed E-state index contributed by atoms with van der Waals surface area (Å²) in [4.78, 5) is 245. The summed E-state index contributed by atoms with van der Waals surface area (Å²) in [7, 11) is 3.02. The van der Waals surface area contributed by atoms with Gasteiger partial charge in [-0.2, -0.15) is 0 Å². The molecule has 10 atom stereocenters. The number of rotatable bonds is 66. The van der Waals surface area contributed by atoms with Gasteiger partial charge in [0.05, 0.1) is 87.4 Å². The van der Waals surface area contributed by atoms with Crippen molar-refractivity contribution in [3.63, 3.8) is 0 Å². The minimum atomic E-state index is -1.49. The Hall–Kier alpha value is -12.4. The number of ether oxygens (including phenoxy) is 6. The third-order valence-corrected chi connectivity index (χ3v) is 20.4. The van der Waals surface area contributed by atoms with E-state index < -0.39 is 211 Å². The fourth-order valence-corrected chi connectivity index (χ4v) is 13.5. The minimum Gasteiger partial charge on any atom is -0.508 e. The van der Waals surface area contributed by atoms with Crippen molar-refractivity contribution in [3.05, 3.63) is 131 Å². The number of carboxylic acids is 2. The number of aromatic hydroxyl groups is 2. The molecule has 134 heavy (non-hydrogen) atoms. The SMILES string of the molecule is CC(C)=O.COCCOCCCC(=O)[C@@H](CCC(=O)NO)NC(=O)[C@H](CCC(=O)NO)CC(=O)[C@@H](CC(C)C)NC(=O)[C@H](CC(=O)O)CC(=O)[C@H](Cc1ccc(O)cc1)NC(C)=O.COCCOCCCC(=O)[C@@H](CCC(=O)OCc1ccccc1)NC(=O)[C@H](CCC(=O)OCc1ccccc1)CC(=O)[C@@H](CC(C)C)NC(=O)[C@H](CC(=O)O)CC(=O)[C@H](Cc1ccc(O)cc1)NC(C)=O. The average molecular weight is 1880 g/mol. The molecule has 0 heterocycles. The Kier molecular flexibility index (Phi) is 58.7. The number of ketones is 7. The Morgan fingerprint density at radius 1 is 0.328 bits per heavy atom. The van der Waals surface area contributed by atoms with Crippen LogP contribution in [0.25, 0.3) is 0 Å². The Labute approximate surface area is 779 Å². The second kappa shape index (κ2) is 66.9. The van der Waals surface area contributed by atoms with Gasteiger partial charge in [-0.15, -0.1) is 0 Å². The first-order valence-electron chi connectivity index (χ1n) is 44.3. The van der Waals surface area contributed by atoms with E-state index in [0.29, 0.717) is 37.4 Å². The van der Waals surface area contributed by atoms with Gasteiger partial charge in [0.2, 0.25) is 47.3 Å². The molecule has 740 valence electrons. The fourth-order valence-electron chi connectivity index (χ4n) is 13.5. The predicted octanol–water partition coefficient (Wildman–Crippen LogP) is 6.40. The van der Waals surface area contributed by atoms with Crippen LogP contribution in [-0.4, -0.2) is 233 Å². The Morgan fingerprint density at radius 2 is 0.634 bits per heavy atom. The largest absolute Gasteiger partial charge is 0.508 e. The molecule has 0 aliphatic carbocycles. The van der Waals surface area contributed by atoms with Gasteiger partial charge in [0.15, 0.2) is 34.7 Å². The third-order valence-electron chi connectivity index (χ3n) is 20.4. The van der Waals surface area contributed by atoms with Gasteiger partial charge in [-0.1, -0.05) is 113 Å². The second-order valence-corrected chi connectivity index (χ2v) is 33.2. The van der Waals surface area contributed by atoms with Crippen LogP contribution in [0.4, 0.5) is 0 Å². The van der Waals surface area contributed by atoms with Gasteiger partial charge in [0.25, 0.3) is 0 Å². The maximum absolute atomic E-state index is 14.4. The zero-order valence-corrected chi connectivity index (χ0v) is 77.9. The maximum Gasteiger partial charge on any atom is 0.306 e. The summed E-state index contributed by atoms with van der Waals surface area (Å²) >= 11 is 0. The van der Waals surface area contributed by atoms with Crippen molar-refractivity contribution >= 4 is 112 Å². The van der Waals surface area contributed by atoms with Crippen LogP contribution in [0.15, 0.2) is 109 Å². The molecule has 0 aromatic heterocycles. The molecular weight excluding hydrogens is 1750 g/mol. The molecule has 39 nitrogen and oxygen atoms in total. The van der Waals surface area contributed by atoms with Crippen LogP contribution in [0.2, 0.25) is 0 Å². The molecular formula is C95H134N8O31. The number of aliphatic carboxylic acids is 2. The number of Topliss-reactive ketones (excluding diaryl/α,β-unsaturated/α-hetero) is 7. The first-order chi connectivity index (χ1) is 63.6. The van der Waals surface area contributed by atoms with E-state index >= 15 is 0 Å². The standard InChI is InChI=1S/C53H69N3O15.C39H59N5O15.C3H6O/c1-35(2)28-44(56-53(67)41(32-49(62)63)31-48(61)45(54-36(3)57)29-37-17-20-42(58)21-18-37)47(60)30-40(19-23-50(64)70-33-38-12-7-5-8-13-38)52(66)55-43(46(59)16-11-25-69-27-26-68-4)22-24-51(65)71-34-39-14-9-6-10-15-39;1-23(2)18-30(42-39(55)27(22-37(52)53)21-34(49)31(40-24(3)45)19-25-7-10-28(46)11-8-25)33(48)20-26(9-13-35(50)43-56)38(54)41-29(12-14-36(51)44-57)32(47)6-5-15-59-17-16-58-4;1-3(2)4/h5-10,12-15,17-18,20-21,35,40-41,43-45,58H,11,16,19,22-34H2,1-4H3,(H,54,57)(H,55,66)(H,56,67)(H,62,63);7-8,10-11,23,26-27,29-31,46,56-57H,5-6,9,12-22H2,1-4H3,(H,40,45)(H,41,54)(H,42,55)(H,43,50)(H,44,51)(H,52,53);1-2H3/t40-,41+,43-,44-,45+;26-,27+,29-,30-,31+;/m11./s1. The number of esters is 2. The fraction of sp³-hybridized carbons (Fsp3) is 0.547. The van der Waals surface area contributed by atoms with Crippen LogP contribution in [0, 0.1) is 35.5 Å². The summed E-state index contributed by atoms with van der Waals surface area (Å²) in [6.45, 7) is 14.1. The number of hydroxylamine groups is 2. The number of phenols is 2. The van der Waals surface area contributed by atoms with Crippen molar-refractivity contribution in [2.75, 3.05) is 53.9 Å². The van der Waals surface area contributed by atoms with E-state index in [1.807, 2.05) is 6.07 Å². The molecule has 0 spiro atoms. The highest BCUT2D eigenvalue weighted by molar-refractivity contribution is 6.00. The number of phenolic OH excluding ortho intramolecular Hbond substituents is 2. The summed E-state index contributed by atoms with van der Waals surface area (Å²) in [6.07, 6.45) is -5.77. The number of carboxylic acid groups (broad SMARTS) is 2. The van der Waals surface area contributed by atoms with Crippen LogP contribution < -0.4 is 42.9 Å². The second-order valence-electron chi connectivity index (χ2n) is 33.2. The molecule has 4 aromatic carbocycles. The molecule has 39 heteroatoms. The van der Waals surface area contributed by atoms with Crippen LogP contribution in [-0.2, 0) is 146 Å². The van der Waals surface area contributed by atoms with E-state index in [9.17, 15) is 112 Å². The topological polar surface area (TPSA) is 597 Å². The molecule has 0 radical (unpaired) electrons. The normalized spacial score (nSPS) is 13.1. The summed E-state index contributed by atoms with van der Waals surface area (Å²) in [6, 6.07) is 22.2. The lowest BCUT2D eigenvalue weighted by atomic mass is 9.88. The van der Waals surface area contributed by atoms with E-state index in [4.69, 9.17) is 38.8 Å². The van der Waals surface area contributed by atoms with E-state index in [2.05, 4.69) is 31.9 Å². The minimum absolute atomic E-state index is 0.00588. The molecule has 0 saturated carbocycles. The number of benzene rings is 4. The maximum atomic E-state index is 14.4. The Balaban J connectivity index is 0.000000886. The van der Waals surface area contributed by atoms with Gasteiger partial charge in [0, 0.05) is 117 Å². The number of nitrogens with one attached hydrogen (secondary N) is 8. The van der Waals surface area contributed by atoms with E-state index in [0.717, 1.165) is 11.1 Å². The summed E-state index contributed by atoms with van der Waals surface area (Å²) in [5, 5.41) is 72.3. The van der Waals surface area contributed by atoms with E-state index in [1.165, 1.54) is 89.3 Å². The monoisotopic (exact) mass is 1880 g/mol. The van der Waals surface area contributed by atoms with Gasteiger partial charge in [-0.05, 0) is 136 Å². The van der Waals surface area contributed by atoms with E-state index in [1.54, 1.807) is 94.4 Å². The van der Waals surface area contributed by atoms with Gasteiger partial charge in [0.1, 0.15) is 30.5 Å². The van der Waals surface area contributed by atoms with Crippen LogP contribution in [0.5, 0.6) is 11.5 Å². The Bertz CT molecular complexity index is 4390. The third kappa shape index (κ3) is 53.3. The van der Waals surface area contributed by atoms with Crippen LogP contribution >= 0.6 is 0 Å². The molecule has 4 rings (SSSR count). The van der Waals surface area contributed by atoms with Crippen molar-refractivity contribution in [2.45, 2.75) is 246 Å². The van der Waals surface area contributed by atoms with Crippen molar-refractivity contribution in [1.82, 2.24) is 42.9 Å². The molecule has 0 bridgehead atoms. The van der Waals surface area contributed by atoms with Crippen molar-refractivity contribution in [1.29, 1.82) is 0 Å². The molecule has 0 aliphatic heterocycles. The first-order valence-corrected chi connectivity index (χ1v) is 44.3. The van der Waals surface area contributed by atoms with Gasteiger partial charge >= 0.3 is 23.9 Å². The zero-order chi connectivity index (χ0) is 100. The van der Waals surface area contributed by atoms with Crippen molar-refractivity contribution in [3.8, 4) is 11.5 Å². The highest BCUT2D eigenvalue weighted by atomic mass is 16.5. The molecule has 0 fully saturated rings. The first kappa shape index (κ1) is 118. The van der Waals surface area contributed by atoms with Gasteiger partial charge in [-0.3, -0.25) is 96.7 Å². The summed E-state index contributed by atoms with van der Waals surface area (Å²) < 4.78 is 31.6. The highest BCUT2D eigenvalue weighted by Crippen LogP contribution is 2.25. The lowest BCUT2D eigenvalue weighted by Gasteiger charge is -2.26. The average Bonchev–Trinajstić information content (AvgIpc) is 0.870. The van der Waals surface area contributed by atoms with Crippen molar-refractivity contribution < 1.29 is 150 Å². The molecule has 0 aliphatic rings. The number of methoxy groups -OCH3 is 2. The smallest absolute Gasteiger partial charge is 0.306 e. The highest BCUT2D eigenvalue weighted by Gasteiger charge is 2.38. The van der Waals surface area contributed by atoms with Crippen LogP contribution in [0.3, 0.4) is 0 Å². The van der Waals surface area contributed by atoms with Crippen LogP contribution in [0.1, 0.15) is 206 Å². The lowest BCUT2D eigenvalue weighted by molar-refractivity contribution is -0.147. The number of hydrogen-bond acceptors (Lipinski definition) is 29. The summed E-state index contributed by atoms with van der Waals surface area (Å²) in [5.74, 6) is -19.9. The molecule has 8 amide bonds. The van der Waals surface area contributed by atoms with Gasteiger partial charge in [-0.25, -0.2) is 11.0 Å². The Morgan fingerprint density at radius 3 is 0.963 bits per heavy atom. The lowest BCUT2D eigenvalue weighted by Crippen LogP contribution is -2.48. The molecule has 14 N–H and O–H groups in total. The van der Waals surface area contributed by atoms with E-state index in [-0.39, 0.29) is 152 Å². The number of hydrogen-bond donors (Lipinski definition) is 14. The van der Waals surface area contributed by atoms with Gasteiger partial charge < -0.3 is 85.5 Å². The predicted molar refractivity (Wildman–Crippen MR) is 482 cm³/mol. The number of carbonyl (C=O) groups is 19.